The molecule has 1 aromatic carbocycles. The molecule has 0 atom stereocenters. The molecule has 0 bridgehead atoms. The van der Waals surface area contributed by atoms with Crippen molar-refractivity contribution in [3.8, 4) is 5.75 Å². The predicted octanol–water partition coefficient (Wildman–Crippen LogP) is 3.79. The number of aliphatic imine (C=N–C) groups is 1. The summed E-state index contributed by atoms with van der Waals surface area (Å²) >= 11 is 3.52. The van der Waals surface area contributed by atoms with Gasteiger partial charge < -0.3 is 4.74 Å². The smallest absolute Gasteiger partial charge is 0.235 e. The van der Waals surface area contributed by atoms with Gasteiger partial charge in [0.1, 0.15) is 11.3 Å². The van der Waals surface area contributed by atoms with Crippen LogP contribution in [0.2, 0.25) is 0 Å². The molecule has 0 radical (unpaired) electrons. The second-order valence-corrected chi connectivity index (χ2v) is 5.65. The molecule has 1 saturated carbocycles. The van der Waals surface area contributed by atoms with E-state index in [0.717, 1.165) is 40.6 Å². The van der Waals surface area contributed by atoms with E-state index in [4.69, 9.17) is 4.74 Å². The summed E-state index contributed by atoms with van der Waals surface area (Å²) in [7, 11) is 1.65. The van der Waals surface area contributed by atoms with E-state index in [0.29, 0.717) is 0 Å². The standard InChI is InChI=1S/C14H16BrNO2/c1-9-7-11(15)13(18-3)12(10(9)2)14(16-8-17)5-4-6-14/h7H,4-6H2,1-3H3. The molecule has 1 aromatic rings. The Kier molecular flexibility index (Phi) is 3.60. The lowest BCUT2D eigenvalue weighted by Crippen LogP contribution is -2.33. The molecule has 0 unspecified atom stereocenters. The Hall–Kier alpha value is -1.12. The highest BCUT2D eigenvalue weighted by Crippen LogP contribution is 2.51. The molecule has 1 aliphatic rings. The minimum Gasteiger partial charge on any atom is -0.495 e. The van der Waals surface area contributed by atoms with Crippen molar-refractivity contribution in [2.24, 2.45) is 4.99 Å². The Morgan fingerprint density at radius 1 is 1.44 bits per heavy atom. The molecule has 1 fully saturated rings. The first kappa shape index (κ1) is 13.3. The maximum atomic E-state index is 10.7. The van der Waals surface area contributed by atoms with Crippen LogP contribution in [0.15, 0.2) is 15.5 Å². The number of ether oxygens (including phenoxy) is 1. The molecular weight excluding hydrogens is 294 g/mol. The number of hydrogen-bond donors (Lipinski definition) is 0. The number of rotatable bonds is 3. The van der Waals surface area contributed by atoms with Gasteiger partial charge in [0.25, 0.3) is 0 Å². The van der Waals surface area contributed by atoms with Crippen molar-refractivity contribution >= 4 is 22.0 Å². The van der Waals surface area contributed by atoms with Crippen LogP contribution in [0.25, 0.3) is 0 Å². The third-order valence-electron chi connectivity index (χ3n) is 3.86. The van der Waals surface area contributed by atoms with Crippen molar-refractivity contribution in [1.82, 2.24) is 0 Å². The topological polar surface area (TPSA) is 38.7 Å². The maximum Gasteiger partial charge on any atom is 0.235 e. The van der Waals surface area contributed by atoms with Crippen LogP contribution in [-0.4, -0.2) is 13.2 Å². The lowest BCUT2D eigenvalue weighted by Gasteiger charge is -2.39. The molecule has 2 rings (SSSR count). The number of hydrogen-bond acceptors (Lipinski definition) is 3. The van der Waals surface area contributed by atoms with Gasteiger partial charge in [-0.3, -0.25) is 0 Å². The van der Waals surface area contributed by atoms with Gasteiger partial charge in [0.05, 0.1) is 11.6 Å². The number of benzene rings is 1. The molecule has 0 spiro atoms. The van der Waals surface area contributed by atoms with Gasteiger partial charge in [0, 0.05) is 5.56 Å². The first-order valence-corrected chi connectivity index (χ1v) is 6.78. The number of nitrogens with zero attached hydrogens (tertiary/aromatic N) is 1. The highest BCUT2D eigenvalue weighted by Gasteiger charge is 2.43. The van der Waals surface area contributed by atoms with Gasteiger partial charge in [0.2, 0.25) is 6.08 Å². The summed E-state index contributed by atoms with van der Waals surface area (Å²) in [5, 5.41) is 0. The fourth-order valence-corrected chi connectivity index (χ4v) is 3.33. The lowest BCUT2D eigenvalue weighted by molar-refractivity contribution is 0.244. The largest absolute Gasteiger partial charge is 0.495 e. The van der Waals surface area contributed by atoms with E-state index in [1.807, 2.05) is 6.07 Å². The second kappa shape index (κ2) is 4.87. The van der Waals surface area contributed by atoms with Gasteiger partial charge in [-0.25, -0.2) is 4.79 Å². The summed E-state index contributed by atoms with van der Waals surface area (Å²) in [6.45, 7) is 4.11. The Bertz CT molecular complexity index is 529. The Labute approximate surface area is 115 Å². The van der Waals surface area contributed by atoms with Crippen LogP contribution in [0, 0.1) is 13.8 Å². The third-order valence-corrected chi connectivity index (χ3v) is 4.45. The van der Waals surface area contributed by atoms with Crippen LogP contribution in [-0.2, 0) is 10.3 Å². The highest BCUT2D eigenvalue weighted by molar-refractivity contribution is 9.10. The molecule has 96 valence electrons. The zero-order valence-corrected chi connectivity index (χ0v) is 12.4. The van der Waals surface area contributed by atoms with Crippen LogP contribution >= 0.6 is 15.9 Å². The number of aryl methyl sites for hydroxylation is 1. The number of halogens is 1. The molecule has 0 aliphatic heterocycles. The highest BCUT2D eigenvalue weighted by atomic mass is 79.9. The lowest BCUT2D eigenvalue weighted by atomic mass is 9.70. The maximum absolute atomic E-state index is 10.7. The van der Waals surface area contributed by atoms with Crippen LogP contribution in [0.4, 0.5) is 0 Å². The summed E-state index contributed by atoms with van der Waals surface area (Å²) in [6, 6.07) is 2.04. The Morgan fingerprint density at radius 3 is 2.56 bits per heavy atom. The van der Waals surface area contributed by atoms with E-state index in [1.54, 1.807) is 13.2 Å². The van der Waals surface area contributed by atoms with Gasteiger partial charge in [-0.05, 0) is 66.2 Å². The summed E-state index contributed by atoms with van der Waals surface area (Å²) < 4.78 is 6.42. The summed E-state index contributed by atoms with van der Waals surface area (Å²) in [5.74, 6) is 0.789. The first-order chi connectivity index (χ1) is 8.55. The monoisotopic (exact) mass is 309 g/mol. The van der Waals surface area contributed by atoms with Crippen LogP contribution < -0.4 is 4.74 Å². The molecule has 18 heavy (non-hydrogen) atoms. The molecular formula is C14H16BrNO2. The zero-order chi connectivity index (χ0) is 13.3. The molecule has 0 aromatic heterocycles. The van der Waals surface area contributed by atoms with Crippen molar-refractivity contribution in [3.63, 3.8) is 0 Å². The average molecular weight is 310 g/mol. The quantitative estimate of drug-likeness (QED) is 0.629. The van der Waals surface area contributed by atoms with Crippen LogP contribution in [0.3, 0.4) is 0 Å². The second-order valence-electron chi connectivity index (χ2n) is 4.80. The zero-order valence-electron chi connectivity index (χ0n) is 10.8. The summed E-state index contributed by atoms with van der Waals surface area (Å²) in [5.41, 5.74) is 2.93. The van der Waals surface area contributed by atoms with Gasteiger partial charge in [-0.1, -0.05) is 0 Å². The Balaban J connectivity index is 2.72. The van der Waals surface area contributed by atoms with Crippen molar-refractivity contribution in [3.05, 3.63) is 27.2 Å². The molecule has 0 saturated heterocycles. The van der Waals surface area contributed by atoms with Gasteiger partial charge in [0.15, 0.2) is 0 Å². The Morgan fingerprint density at radius 2 is 2.11 bits per heavy atom. The SMILES string of the molecule is COc1c(Br)cc(C)c(C)c1C1(N=C=O)CCC1. The summed E-state index contributed by atoms with van der Waals surface area (Å²) in [6.07, 6.45) is 4.58. The molecule has 0 heterocycles. The van der Waals surface area contributed by atoms with Crippen molar-refractivity contribution < 1.29 is 9.53 Å². The molecule has 0 amide bonds. The van der Waals surface area contributed by atoms with E-state index in [1.165, 1.54) is 5.56 Å². The molecule has 0 N–H and O–H groups in total. The van der Waals surface area contributed by atoms with E-state index in [2.05, 4.69) is 34.8 Å². The van der Waals surface area contributed by atoms with E-state index >= 15 is 0 Å². The first-order valence-electron chi connectivity index (χ1n) is 5.99. The van der Waals surface area contributed by atoms with Gasteiger partial charge in [-0.2, -0.15) is 4.99 Å². The van der Waals surface area contributed by atoms with Crippen molar-refractivity contribution in [2.45, 2.75) is 38.6 Å². The van der Waals surface area contributed by atoms with E-state index in [-0.39, 0.29) is 0 Å². The third kappa shape index (κ3) is 1.90. The molecule has 4 heteroatoms. The normalized spacial score (nSPS) is 16.7. The van der Waals surface area contributed by atoms with E-state index < -0.39 is 5.54 Å². The number of carbonyl (C=O) groups excluding carboxylic acids is 1. The van der Waals surface area contributed by atoms with Crippen molar-refractivity contribution in [1.29, 1.82) is 0 Å². The minimum atomic E-state index is -0.425. The number of methoxy groups -OCH3 is 1. The van der Waals surface area contributed by atoms with Crippen LogP contribution in [0.1, 0.15) is 36.0 Å². The predicted molar refractivity (Wildman–Crippen MR) is 73.8 cm³/mol. The molecule has 3 nitrogen and oxygen atoms in total. The van der Waals surface area contributed by atoms with E-state index in [9.17, 15) is 4.79 Å². The van der Waals surface area contributed by atoms with Gasteiger partial charge >= 0.3 is 0 Å². The number of isocyanates is 1. The summed E-state index contributed by atoms with van der Waals surface area (Å²) in [4.78, 5) is 14.8. The fourth-order valence-electron chi connectivity index (χ4n) is 2.63. The molecule has 1 aliphatic carbocycles. The fraction of sp³-hybridized carbons (Fsp3) is 0.500. The average Bonchev–Trinajstić information content (AvgIpc) is 2.28. The van der Waals surface area contributed by atoms with Crippen LogP contribution in [0.5, 0.6) is 5.75 Å². The van der Waals surface area contributed by atoms with Crippen molar-refractivity contribution in [2.75, 3.05) is 7.11 Å². The van der Waals surface area contributed by atoms with Gasteiger partial charge in [-0.15, -0.1) is 0 Å². The minimum absolute atomic E-state index is 0.425.